The lowest BCUT2D eigenvalue weighted by molar-refractivity contribution is -0.0135. The van der Waals surface area contributed by atoms with E-state index in [1.54, 1.807) is 29.4 Å². The van der Waals surface area contributed by atoms with E-state index in [1.807, 2.05) is 24.3 Å². The minimum absolute atomic E-state index is 0.130. The molecular formula is C16H16ClN3O2. The number of pyridine rings is 1. The van der Waals surface area contributed by atoms with Crippen LogP contribution in [0.3, 0.4) is 0 Å². The van der Waals surface area contributed by atoms with Crippen LogP contribution in [0.25, 0.3) is 0 Å². The van der Waals surface area contributed by atoms with Crippen molar-refractivity contribution in [1.82, 2.24) is 9.88 Å². The summed E-state index contributed by atoms with van der Waals surface area (Å²) in [6.45, 7) is 1.59. The lowest BCUT2D eigenvalue weighted by Gasteiger charge is -2.33. The number of nitrogens with zero attached hydrogens (tertiary/aromatic N) is 2. The smallest absolute Gasteiger partial charge is 0.322 e. The predicted octanol–water partition coefficient (Wildman–Crippen LogP) is 3.34. The Balaban J connectivity index is 1.65. The summed E-state index contributed by atoms with van der Waals surface area (Å²) in [5.41, 5.74) is 1.75. The van der Waals surface area contributed by atoms with Crippen molar-refractivity contribution in [1.29, 1.82) is 0 Å². The molecule has 3 rings (SSSR count). The first-order chi connectivity index (χ1) is 10.7. The maximum Gasteiger partial charge on any atom is 0.322 e. The van der Waals surface area contributed by atoms with Gasteiger partial charge in [0.05, 0.1) is 13.2 Å². The molecule has 0 spiro atoms. The Bertz CT molecular complexity index is 634. The molecule has 0 radical (unpaired) electrons. The number of benzene rings is 1. The van der Waals surface area contributed by atoms with Crippen molar-refractivity contribution >= 4 is 23.3 Å². The molecule has 2 amide bonds. The summed E-state index contributed by atoms with van der Waals surface area (Å²) in [4.78, 5) is 18.0. The fraction of sp³-hybridized carbons (Fsp3) is 0.250. The van der Waals surface area contributed by atoms with Gasteiger partial charge in [0, 0.05) is 29.6 Å². The molecular weight excluding hydrogens is 302 g/mol. The second-order valence-electron chi connectivity index (χ2n) is 5.02. The molecule has 1 aliphatic rings. The van der Waals surface area contributed by atoms with Gasteiger partial charge in [-0.05, 0) is 29.8 Å². The highest BCUT2D eigenvalue weighted by molar-refractivity contribution is 6.30. The van der Waals surface area contributed by atoms with Crippen LogP contribution < -0.4 is 5.32 Å². The third-order valence-electron chi connectivity index (χ3n) is 3.53. The van der Waals surface area contributed by atoms with E-state index in [4.69, 9.17) is 16.3 Å². The zero-order valence-electron chi connectivity index (χ0n) is 11.9. The van der Waals surface area contributed by atoms with Crippen LogP contribution in [0.2, 0.25) is 5.02 Å². The van der Waals surface area contributed by atoms with E-state index in [2.05, 4.69) is 10.3 Å². The van der Waals surface area contributed by atoms with Crippen LogP contribution >= 0.6 is 11.6 Å². The number of carbonyl (C=O) groups excluding carboxylic acids is 1. The molecule has 1 aromatic heterocycles. The van der Waals surface area contributed by atoms with Crippen molar-refractivity contribution in [2.45, 2.75) is 6.10 Å². The van der Waals surface area contributed by atoms with E-state index in [0.717, 1.165) is 11.3 Å². The lowest BCUT2D eigenvalue weighted by Crippen LogP contribution is -2.44. The van der Waals surface area contributed by atoms with E-state index in [0.29, 0.717) is 24.7 Å². The van der Waals surface area contributed by atoms with Gasteiger partial charge < -0.3 is 15.0 Å². The van der Waals surface area contributed by atoms with Gasteiger partial charge in [-0.25, -0.2) is 4.79 Å². The van der Waals surface area contributed by atoms with E-state index < -0.39 is 0 Å². The fourth-order valence-electron chi connectivity index (χ4n) is 2.35. The summed E-state index contributed by atoms with van der Waals surface area (Å²) in [5.74, 6) is 0. The minimum atomic E-state index is -0.131. The summed E-state index contributed by atoms with van der Waals surface area (Å²) in [7, 11) is 0. The maximum atomic E-state index is 12.3. The average Bonchev–Trinajstić information content (AvgIpc) is 2.56. The van der Waals surface area contributed by atoms with Gasteiger partial charge in [0.25, 0.3) is 0 Å². The molecule has 5 nitrogen and oxygen atoms in total. The number of halogens is 1. The average molecular weight is 318 g/mol. The summed E-state index contributed by atoms with van der Waals surface area (Å²) in [6, 6.07) is 10.9. The monoisotopic (exact) mass is 317 g/mol. The third kappa shape index (κ3) is 3.55. The number of morpholine rings is 1. The van der Waals surface area contributed by atoms with E-state index >= 15 is 0 Å². The molecule has 1 aromatic carbocycles. The van der Waals surface area contributed by atoms with Crippen LogP contribution in [0, 0.1) is 0 Å². The molecule has 1 aliphatic heterocycles. The van der Waals surface area contributed by atoms with Crippen LogP contribution in [-0.4, -0.2) is 35.6 Å². The standard InChI is InChI=1S/C16H16ClN3O2/c17-13-3-1-12(2-4-13)15-11-20(9-10-22-15)16(21)19-14-5-7-18-8-6-14/h1-8,15H,9-11H2,(H,18,19,21). The summed E-state index contributed by atoms with van der Waals surface area (Å²) in [5, 5.41) is 3.55. The Labute approximate surface area is 133 Å². The van der Waals surface area contributed by atoms with Gasteiger partial charge in [-0.15, -0.1) is 0 Å². The van der Waals surface area contributed by atoms with Crippen LogP contribution in [-0.2, 0) is 4.74 Å². The first-order valence-electron chi connectivity index (χ1n) is 7.05. The molecule has 2 aromatic rings. The molecule has 114 valence electrons. The molecule has 1 unspecified atom stereocenters. The molecule has 0 saturated carbocycles. The Morgan fingerprint density at radius 2 is 1.95 bits per heavy atom. The minimum Gasteiger partial charge on any atom is -0.370 e. The predicted molar refractivity (Wildman–Crippen MR) is 85.0 cm³/mol. The second-order valence-corrected chi connectivity index (χ2v) is 5.46. The Morgan fingerprint density at radius 3 is 2.68 bits per heavy atom. The van der Waals surface area contributed by atoms with Gasteiger partial charge >= 0.3 is 6.03 Å². The van der Waals surface area contributed by atoms with Crippen LogP contribution in [0.4, 0.5) is 10.5 Å². The molecule has 2 heterocycles. The fourth-order valence-corrected chi connectivity index (χ4v) is 2.48. The van der Waals surface area contributed by atoms with Crippen LogP contribution in [0.5, 0.6) is 0 Å². The van der Waals surface area contributed by atoms with E-state index in [-0.39, 0.29) is 12.1 Å². The summed E-state index contributed by atoms with van der Waals surface area (Å²) < 4.78 is 5.76. The number of anilines is 1. The highest BCUT2D eigenvalue weighted by atomic mass is 35.5. The maximum absolute atomic E-state index is 12.3. The summed E-state index contributed by atoms with van der Waals surface area (Å²) >= 11 is 5.90. The van der Waals surface area contributed by atoms with E-state index in [9.17, 15) is 4.79 Å². The Morgan fingerprint density at radius 1 is 1.23 bits per heavy atom. The first kappa shape index (κ1) is 14.8. The number of ether oxygens (including phenoxy) is 1. The van der Waals surface area contributed by atoms with Crippen molar-refractivity contribution in [3.05, 3.63) is 59.4 Å². The summed E-state index contributed by atoms with van der Waals surface area (Å²) in [6.07, 6.45) is 3.16. The molecule has 0 bridgehead atoms. The van der Waals surface area contributed by atoms with Gasteiger partial charge in [-0.3, -0.25) is 4.98 Å². The number of rotatable bonds is 2. The number of hydrogen-bond acceptors (Lipinski definition) is 3. The third-order valence-corrected chi connectivity index (χ3v) is 3.78. The quantitative estimate of drug-likeness (QED) is 0.924. The molecule has 1 N–H and O–H groups in total. The number of hydrogen-bond donors (Lipinski definition) is 1. The number of amides is 2. The van der Waals surface area contributed by atoms with Gasteiger partial charge in [-0.1, -0.05) is 23.7 Å². The van der Waals surface area contributed by atoms with Crippen LogP contribution in [0.1, 0.15) is 11.7 Å². The van der Waals surface area contributed by atoms with Crippen molar-refractivity contribution in [3.8, 4) is 0 Å². The zero-order valence-corrected chi connectivity index (χ0v) is 12.7. The molecule has 6 heteroatoms. The molecule has 0 aliphatic carbocycles. The van der Waals surface area contributed by atoms with Crippen LogP contribution in [0.15, 0.2) is 48.8 Å². The topological polar surface area (TPSA) is 54.5 Å². The van der Waals surface area contributed by atoms with Gasteiger partial charge in [0.15, 0.2) is 0 Å². The number of carbonyl (C=O) groups is 1. The van der Waals surface area contributed by atoms with Crippen molar-refractivity contribution in [2.24, 2.45) is 0 Å². The Hall–Kier alpha value is -2.11. The lowest BCUT2D eigenvalue weighted by atomic mass is 10.1. The highest BCUT2D eigenvalue weighted by Gasteiger charge is 2.25. The van der Waals surface area contributed by atoms with Crippen molar-refractivity contribution in [2.75, 3.05) is 25.0 Å². The normalized spacial score (nSPS) is 18.0. The molecule has 1 fully saturated rings. The van der Waals surface area contributed by atoms with Gasteiger partial charge in [0.1, 0.15) is 6.10 Å². The first-order valence-corrected chi connectivity index (χ1v) is 7.43. The second kappa shape index (κ2) is 6.77. The molecule has 22 heavy (non-hydrogen) atoms. The molecule has 1 atom stereocenters. The van der Waals surface area contributed by atoms with Crippen molar-refractivity contribution in [3.63, 3.8) is 0 Å². The van der Waals surface area contributed by atoms with Gasteiger partial charge in [0.2, 0.25) is 0 Å². The van der Waals surface area contributed by atoms with Gasteiger partial charge in [-0.2, -0.15) is 0 Å². The zero-order chi connectivity index (χ0) is 15.4. The number of urea groups is 1. The number of aromatic nitrogens is 1. The largest absolute Gasteiger partial charge is 0.370 e. The van der Waals surface area contributed by atoms with Crippen molar-refractivity contribution < 1.29 is 9.53 Å². The number of nitrogens with one attached hydrogen (secondary N) is 1. The Kier molecular flexibility index (Phi) is 4.56. The highest BCUT2D eigenvalue weighted by Crippen LogP contribution is 2.24. The SMILES string of the molecule is O=C(Nc1ccncc1)N1CCOC(c2ccc(Cl)cc2)C1. The molecule has 1 saturated heterocycles. The van der Waals surface area contributed by atoms with E-state index in [1.165, 1.54) is 0 Å².